The van der Waals surface area contributed by atoms with Crippen molar-refractivity contribution in [3.63, 3.8) is 0 Å². The number of rotatable bonds is 9. The van der Waals surface area contributed by atoms with Crippen molar-refractivity contribution in [1.82, 2.24) is 10.6 Å². The topological polar surface area (TPSA) is 87.7 Å². The van der Waals surface area contributed by atoms with Crippen molar-refractivity contribution in [2.24, 2.45) is 0 Å². The van der Waals surface area contributed by atoms with Crippen molar-refractivity contribution in [3.05, 3.63) is 0 Å². The van der Waals surface area contributed by atoms with Crippen LogP contribution < -0.4 is 10.6 Å². The molecule has 6 heteroatoms. The summed E-state index contributed by atoms with van der Waals surface area (Å²) in [5.41, 5.74) is 0. The quantitative estimate of drug-likeness (QED) is 0.475. The van der Waals surface area contributed by atoms with Crippen LogP contribution in [0.15, 0.2) is 0 Å². The third kappa shape index (κ3) is 8.65. The summed E-state index contributed by atoms with van der Waals surface area (Å²) in [5, 5.41) is 13.8. The van der Waals surface area contributed by atoms with Gasteiger partial charge in [0.25, 0.3) is 0 Å². The molecule has 3 N–H and O–H groups in total. The molecule has 0 aliphatic rings. The Labute approximate surface area is 102 Å². The monoisotopic (exact) mass is 246 g/mol. The van der Waals surface area contributed by atoms with E-state index in [2.05, 4.69) is 10.6 Å². The maximum Gasteiger partial charge on any atom is 0.242 e. The third-order valence-corrected chi connectivity index (χ3v) is 2.19. The Morgan fingerprint density at radius 2 is 2.06 bits per heavy atom. The van der Waals surface area contributed by atoms with Crippen LogP contribution in [0, 0.1) is 0 Å². The Morgan fingerprint density at radius 1 is 1.35 bits per heavy atom. The van der Waals surface area contributed by atoms with Crippen molar-refractivity contribution < 1.29 is 19.4 Å². The van der Waals surface area contributed by atoms with Gasteiger partial charge in [-0.3, -0.25) is 9.59 Å². The average molecular weight is 246 g/mol. The molecule has 17 heavy (non-hydrogen) atoms. The molecule has 0 aliphatic carbocycles. The molecule has 0 heterocycles. The minimum absolute atomic E-state index is 0.0837. The molecule has 0 radical (unpaired) electrons. The Hall–Kier alpha value is -1.14. The van der Waals surface area contributed by atoms with Gasteiger partial charge in [-0.1, -0.05) is 0 Å². The van der Waals surface area contributed by atoms with Gasteiger partial charge in [0.15, 0.2) is 0 Å². The van der Waals surface area contributed by atoms with E-state index < -0.39 is 6.04 Å². The molecule has 0 bridgehead atoms. The molecule has 0 saturated heterocycles. The number of carbonyl (C=O) groups excluding carboxylic acids is 2. The Balaban J connectivity index is 3.71. The molecule has 0 aromatic rings. The number of hydrogen-bond acceptors (Lipinski definition) is 4. The minimum Gasteiger partial charge on any atom is -0.396 e. The second-order valence-corrected chi connectivity index (χ2v) is 3.75. The van der Waals surface area contributed by atoms with Gasteiger partial charge in [-0.05, 0) is 19.8 Å². The van der Waals surface area contributed by atoms with Crippen molar-refractivity contribution in [1.29, 1.82) is 0 Å². The molecule has 0 aromatic heterocycles. The first-order valence-corrected chi connectivity index (χ1v) is 5.78. The third-order valence-electron chi connectivity index (χ3n) is 2.19. The minimum atomic E-state index is -0.548. The van der Waals surface area contributed by atoms with Gasteiger partial charge in [0, 0.05) is 26.7 Å². The van der Waals surface area contributed by atoms with E-state index in [0.717, 1.165) is 0 Å². The number of methoxy groups -OCH3 is 1. The predicted octanol–water partition coefficient (Wildman–Crippen LogP) is -0.584. The van der Waals surface area contributed by atoms with Crippen LogP contribution >= 0.6 is 0 Å². The zero-order chi connectivity index (χ0) is 13.1. The average Bonchev–Trinajstić information content (AvgIpc) is 2.29. The summed E-state index contributed by atoms with van der Waals surface area (Å²) in [7, 11) is 1.55. The van der Waals surface area contributed by atoms with Crippen LogP contribution in [-0.2, 0) is 14.3 Å². The molecule has 100 valence electrons. The number of unbranched alkanes of at least 4 members (excludes halogenated alkanes) is 1. The van der Waals surface area contributed by atoms with E-state index in [-0.39, 0.29) is 18.4 Å². The van der Waals surface area contributed by atoms with Crippen LogP contribution in [0.25, 0.3) is 0 Å². The summed E-state index contributed by atoms with van der Waals surface area (Å²) >= 11 is 0. The fourth-order valence-electron chi connectivity index (χ4n) is 1.21. The lowest BCUT2D eigenvalue weighted by atomic mass is 10.2. The van der Waals surface area contributed by atoms with Gasteiger partial charge in [0.2, 0.25) is 11.8 Å². The molecule has 0 spiro atoms. The maximum atomic E-state index is 11.5. The predicted molar refractivity (Wildman–Crippen MR) is 63.4 cm³/mol. The lowest BCUT2D eigenvalue weighted by Crippen LogP contribution is -2.45. The zero-order valence-electron chi connectivity index (χ0n) is 10.5. The highest BCUT2D eigenvalue weighted by molar-refractivity contribution is 5.87. The first-order chi connectivity index (χ1) is 8.11. The van der Waals surface area contributed by atoms with E-state index in [1.807, 2.05) is 0 Å². The van der Waals surface area contributed by atoms with E-state index in [1.54, 1.807) is 14.0 Å². The van der Waals surface area contributed by atoms with Crippen LogP contribution in [0.4, 0.5) is 0 Å². The van der Waals surface area contributed by atoms with Gasteiger partial charge in [0.1, 0.15) is 6.04 Å². The van der Waals surface area contributed by atoms with Gasteiger partial charge in [-0.2, -0.15) is 0 Å². The Kier molecular flexibility index (Phi) is 9.37. The van der Waals surface area contributed by atoms with E-state index in [4.69, 9.17) is 9.84 Å². The number of ether oxygens (including phenoxy) is 1. The van der Waals surface area contributed by atoms with Gasteiger partial charge in [-0.15, -0.1) is 0 Å². The molecule has 0 aliphatic heterocycles. The van der Waals surface area contributed by atoms with Crippen LogP contribution in [0.3, 0.4) is 0 Å². The molecular weight excluding hydrogens is 224 g/mol. The number of hydrogen-bond donors (Lipinski definition) is 3. The summed E-state index contributed by atoms with van der Waals surface area (Å²) in [6.07, 6.45) is 1.55. The molecule has 1 atom stereocenters. The van der Waals surface area contributed by atoms with Crippen LogP contribution in [-0.4, -0.2) is 49.8 Å². The van der Waals surface area contributed by atoms with Crippen LogP contribution in [0.2, 0.25) is 0 Å². The van der Waals surface area contributed by atoms with E-state index in [9.17, 15) is 9.59 Å². The van der Waals surface area contributed by atoms with Crippen molar-refractivity contribution in [3.8, 4) is 0 Å². The largest absolute Gasteiger partial charge is 0.396 e. The molecule has 1 unspecified atom stereocenters. The highest BCUT2D eigenvalue weighted by Crippen LogP contribution is 1.95. The Bertz CT molecular complexity index is 234. The summed E-state index contributed by atoms with van der Waals surface area (Å²) in [6, 6.07) is -0.548. The smallest absolute Gasteiger partial charge is 0.242 e. The van der Waals surface area contributed by atoms with Crippen LogP contribution in [0.5, 0.6) is 0 Å². The normalized spacial score (nSPS) is 11.9. The zero-order valence-corrected chi connectivity index (χ0v) is 10.5. The summed E-state index contributed by atoms with van der Waals surface area (Å²) < 4.78 is 4.79. The van der Waals surface area contributed by atoms with Gasteiger partial charge < -0.3 is 20.5 Å². The molecule has 0 saturated carbocycles. The first-order valence-electron chi connectivity index (χ1n) is 5.78. The second kappa shape index (κ2) is 10.0. The molecule has 0 aromatic carbocycles. The fourth-order valence-corrected chi connectivity index (χ4v) is 1.21. The highest BCUT2D eigenvalue weighted by Gasteiger charge is 2.14. The summed E-state index contributed by atoms with van der Waals surface area (Å²) in [5.74, 6) is -0.398. The summed E-state index contributed by atoms with van der Waals surface area (Å²) in [4.78, 5) is 22.8. The molecule has 0 fully saturated rings. The van der Waals surface area contributed by atoms with E-state index in [1.165, 1.54) is 0 Å². The number of nitrogens with one attached hydrogen (secondary N) is 2. The molecule has 2 amide bonds. The van der Waals surface area contributed by atoms with E-state index in [0.29, 0.717) is 32.4 Å². The first kappa shape index (κ1) is 15.9. The van der Waals surface area contributed by atoms with E-state index >= 15 is 0 Å². The summed E-state index contributed by atoms with van der Waals surface area (Å²) in [6.45, 7) is 2.59. The number of aliphatic hydroxyl groups is 1. The SMILES string of the molecule is COCCNC(=O)C(C)NC(=O)CCCCO. The molecule has 0 rings (SSSR count). The van der Waals surface area contributed by atoms with Crippen molar-refractivity contribution in [2.75, 3.05) is 26.9 Å². The molecular formula is C11H22N2O4. The number of amides is 2. The second-order valence-electron chi connectivity index (χ2n) is 3.75. The molecule has 6 nitrogen and oxygen atoms in total. The fraction of sp³-hybridized carbons (Fsp3) is 0.818. The number of aliphatic hydroxyl groups excluding tert-OH is 1. The van der Waals surface area contributed by atoms with Crippen molar-refractivity contribution >= 4 is 11.8 Å². The number of carbonyl (C=O) groups is 2. The highest BCUT2D eigenvalue weighted by atomic mass is 16.5. The van der Waals surface area contributed by atoms with Gasteiger partial charge >= 0.3 is 0 Å². The van der Waals surface area contributed by atoms with Gasteiger partial charge in [-0.25, -0.2) is 0 Å². The van der Waals surface area contributed by atoms with Crippen molar-refractivity contribution in [2.45, 2.75) is 32.2 Å². The van der Waals surface area contributed by atoms with Crippen LogP contribution in [0.1, 0.15) is 26.2 Å². The maximum absolute atomic E-state index is 11.5. The lowest BCUT2D eigenvalue weighted by Gasteiger charge is -2.13. The Morgan fingerprint density at radius 3 is 2.65 bits per heavy atom. The van der Waals surface area contributed by atoms with Gasteiger partial charge in [0.05, 0.1) is 6.61 Å². The lowest BCUT2D eigenvalue weighted by molar-refractivity contribution is -0.128. The standard InChI is InChI=1S/C11H22N2O4/c1-9(11(16)12-6-8-17-2)13-10(15)5-3-4-7-14/h9,14H,3-8H2,1-2H3,(H,12,16)(H,13,15).